The summed E-state index contributed by atoms with van der Waals surface area (Å²) in [5.74, 6) is -0.0302. The molecule has 1 fully saturated rings. The Labute approximate surface area is 88.5 Å². The molecular weight excluding hydrogens is 174 g/mol. The summed E-state index contributed by atoms with van der Waals surface area (Å²) in [6.07, 6.45) is 0.916. The van der Waals surface area contributed by atoms with Crippen LogP contribution >= 0.6 is 0 Å². The van der Waals surface area contributed by atoms with Crippen molar-refractivity contribution < 1.29 is 9.45 Å². The number of rotatable bonds is 2. The molecule has 1 atom stereocenters. The third kappa shape index (κ3) is 1.84. The molecular formula is C10H20B2O2. The van der Waals surface area contributed by atoms with Crippen molar-refractivity contribution in [1.82, 2.24) is 0 Å². The zero-order valence-electron chi connectivity index (χ0n) is 10.2. The molecule has 0 saturated carbocycles. The van der Waals surface area contributed by atoms with Crippen LogP contribution in [0.3, 0.4) is 0 Å². The van der Waals surface area contributed by atoms with Gasteiger partial charge in [-0.15, -0.1) is 0 Å². The smallest absolute Gasteiger partial charge is 0.325 e. The monoisotopic (exact) mass is 194 g/mol. The van der Waals surface area contributed by atoms with Gasteiger partial charge in [-0.2, -0.15) is 0 Å². The maximum Gasteiger partial charge on any atom is 0.325 e. The summed E-state index contributed by atoms with van der Waals surface area (Å²) < 4.78 is 4.92. The van der Waals surface area contributed by atoms with E-state index in [2.05, 4.69) is 34.6 Å². The molecule has 0 aliphatic carbocycles. The molecule has 0 bridgehead atoms. The second-order valence-corrected chi connectivity index (χ2v) is 6.37. The molecule has 1 unspecified atom stereocenters. The third-order valence-corrected chi connectivity index (χ3v) is 3.32. The van der Waals surface area contributed by atoms with Crippen LogP contribution in [0.4, 0.5) is 0 Å². The normalized spacial score (nSPS) is 29.2. The molecule has 78 valence electrons. The molecule has 0 radical (unpaired) electrons. The highest BCUT2D eigenvalue weighted by Gasteiger charge is 2.68. The molecule has 1 aliphatic rings. The van der Waals surface area contributed by atoms with Crippen molar-refractivity contribution in [2.45, 2.75) is 51.7 Å². The molecule has 0 aromatic heterocycles. The Bertz CT molecular complexity index is 255. The van der Waals surface area contributed by atoms with Crippen molar-refractivity contribution in [2.75, 3.05) is 0 Å². The number of hydrogen-bond donors (Lipinski definition) is 0. The molecule has 1 saturated heterocycles. The fourth-order valence-electron chi connectivity index (χ4n) is 2.53. The number of carbonyl (C=O) groups excluding carboxylic acids is 1. The minimum atomic E-state index is -0.222. The van der Waals surface area contributed by atoms with E-state index < -0.39 is 0 Å². The first-order valence-electron chi connectivity index (χ1n) is 5.23. The minimum absolute atomic E-state index is 0.0302. The number of hydrogen-bond acceptors (Lipinski definition) is 2. The average Bonchev–Trinajstić information content (AvgIpc) is 2.49. The van der Waals surface area contributed by atoms with Gasteiger partial charge in [-0.25, -0.2) is 0 Å². The maximum atomic E-state index is 11.8. The molecule has 14 heavy (non-hydrogen) atoms. The molecule has 0 aromatic carbocycles. The van der Waals surface area contributed by atoms with E-state index in [4.69, 9.17) is 4.65 Å². The predicted octanol–water partition coefficient (Wildman–Crippen LogP) is 1.32. The van der Waals surface area contributed by atoms with Crippen LogP contribution in [0.15, 0.2) is 0 Å². The van der Waals surface area contributed by atoms with E-state index in [0.717, 1.165) is 13.7 Å². The quantitative estimate of drug-likeness (QED) is 0.619. The first-order valence-corrected chi connectivity index (χ1v) is 5.23. The summed E-state index contributed by atoms with van der Waals surface area (Å²) in [7, 11) is 2.45. The van der Waals surface area contributed by atoms with Crippen molar-refractivity contribution in [3.8, 4) is 0 Å². The summed E-state index contributed by atoms with van der Waals surface area (Å²) in [6.45, 7) is 10.8. The fourth-order valence-corrected chi connectivity index (χ4v) is 2.53. The summed E-state index contributed by atoms with van der Waals surface area (Å²) in [5.41, 5.74) is 0.182. The zero-order chi connectivity index (χ0) is 11.2. The standard InChI is InChI=1S/C10H20B2O2/c1-8(2,3)6-10(7(13)14-11)9(4,5)12-10/h12H,6,11H2,1-5H3. The van der Waals surface area contributed by atoms with Gasteiger partial charge < -0.3 is 4.65 Å². The Balaban J connectivity index is 2.83. The molecule has 0 aromatic rings. The van der Waals surface area contributed by atoms with Gasteiger partial charge in [0.25, 0.3) is 5.97 Å². The van der Waals surface area contributed by atoms with Crippen LogP contribution in [0.2, 0.25) is 10.6 Å². The Hall–Kier alpha value is -0.400. The summed E-state index contributed by atoms with van der Waals surface area (Å²) >= 11 is 0. The van der Waals surface area contributed by atoms with Crippen molar-refractivity contribution in [3.05, 3.63) is 0 Å². The fraction of sp³-hybridized carbons (Fsp3) is 0.900. The van der Waals surface area contributed by atoms with Crippen molar-refractivity contribution in [1.29, 1.82) is 0 Å². The summed E-state index contributed by atoms with van der Waals surface area (Å²) in [5, 5.41) is -0.104. The largest absolute Gasteiger partial charge is 0.544 e. The minimum Gasteiger partial charge on any atom is -0.544 e. The lowest BCUT2D eigenvalue weighted by Crippen LogP contribution is -2.22. The highest BCUT2D eigenvalue weighted by Crippen LogP contribution is 2.72. The third-order valence-electron chi connectivity index (χ3n) is 3.32. The topological polar surface area (TPSA) is 26.3 Å². The molecule has 1 heterocycles. The van der Waals surface area contributed by atoms with Crippen LogP contribution in [0.1, 0.15) is 41.0 Å². The van der Waals surface area contributed by atoms with E-state index in [1.54, 1.807) is 0 Å². The van der Waals surface area contributed by atoms with Gasteiger partial charge in [0.1, 0.15) is 7.28 Å². The Morgan fingerprint density at radius 2 is 1.86 bits per heavy atom. The van der Waals surface area contributed by atoms with E-state index in [1.165, 1.54) is 8.05 Å². The first kappa shape index (κ1) is 11.7. The number of carbonyl (C=O) groups is 1. The van der Waals surface area contributed by atoms with E-state index in [-0.39, 0.29) is 22.0 Å². The lowest BCUT2D eigenvalue weighted by Gasteiger charge is -2.28. The van der Waals surface area contributed by atoms with Crippen molar-refractivity contribution >= 4 is 21.3 Å². The molecule has 4 heteroatoms. The lowest BCUT2D eigenvalue weighted by molar-refractivity contribution is -0.137. The Morgan fingerprint density at radius 3 is 2.07 bits per heavy atom. The SMILES string of the molecule is BOC(=O)C1(CC(C)(C)C)BC1(C)C. The molecule has 0 spiro atoms. The zero-order valence-corrected chi connectivity index (χ0v) is 10.2. The Morgan fingerprint density at radius 1 is 1.43 bits per heavy atom. The van der Waals surface area contributed by atoms with Gasteiger partial charge in [0.05, 0.1) is 0 Å². The lowest BCUT2D eigenvalue weighted by atomic mass is 9.74. The maximum absolute atomic E-state index is 11.8. The van der Waals surface area contributed by atoms with E-state index in [1.807, 2.05) is 0 Å². The molecule has 1 rings (SSSR count). The Kier molecular flexibility index (Phi) is 2.54. The average molecular weight is 194 g/mol. The molecule has 2 nitrogen and oxygen atoms in total. The van der Waals surface area contributed by atoms with Crippen LogP contribution in [0.25, 0.3) is 0 Å². The van der Waals surface area contributed by atoms with E-state index in [9.17, 15) is 4.79 Å². The second-order valence-electron chi connectivity index (χ2n) is 6.37. The summed E-state index contributed by atoms with van der Waals surface area (Å²) in [4.78, 5) is 11.8. The van der Waals surface area contributed by atoms with Crippen LogP contribution in [-0.4, -0.2) is 21.3 Å². The van der Waals surface area contributed by atoms with Gasteiger partial charge in [-0.05, 0) is 17.2 Å². The van der Waals surface area contributed by atoms with Gasteiger partial charge in [-0.3, -0.25) is 4.79 Å². The van der Waals surface area contributed by atoms with Crippen molar-refractivity contribution in [2.24, 2.45) is 5.41 Å². The van der Waals surface area contributed by atoms with Gasteiger partial charge in [0.2, 0.25) is 0 Å². The van der Waals surface area contributed by atoms with Gasteiger partial charge in [0, 0.05) is 5.31 Å². The van der Waals surface area contributed by atoms with E-state index in [0.29, 0.717) is 0 Å². The molecule has 0 N–H and O–H groups in total. The second kappa shape index (κ2) is 3.04. The highest BCUT2D eigenvalue weighted by atomic mass is 16.5. The van der Waals surface area contributed by atoms with Gasteiger partial charge in [-0.1, -0.05) is 34.6 Å². The molecule has 0 amide bonds. The molecule has 1 aliphatic heterocycles. The van der Waals surface area contributed by atoms with Crippen LogP contribution in [0.5, 0.6) is 0 Å². The van der Waals surface area contributed by atoms with Gasteiger partial charge in [0.15, 0.2) is 0 Å². The summed E-state index contributed by atoms with van der Waals surface area (Å²) in [6, 6.07) is 0. The van der Waals surface area contributed by atoms with Crippen molar-refractivity contribution in [3.63, 3.8) is 0 Å². The predicted molar refractivity (Wildman–Crippen MR) is 62.6 cm³/mol. The van der Waals surface area contributed by atoms with Gasteiger partial charge >= 0.3 is 8.05 Å². The van der Waals surface area contributed by atoms with Crippen LogP contribution in [0, 0.1) is 5.41 Å². The first-order chi connectivity index (χ1) is 6.15. The van der Waals surface area contributed by atoms with Crippen LogP contribution in [-0.2, 0) is 9.45 Å². The van der Waals surface area contributed by atoms with E-state index >= 15 is 0 Å². The van der Waals surface area contributed by atoms with Crippen LogP contribution < -0.4 is 0 Å². The highest BCUT2D eigenvalue weighted by molar-refractivity contribution is 6.66.